The van der Waals surface area contributed by atoms with E-state index >= 15 is 0 Å². The van der Waals surface area contributed by atoms with Gasteiger partial charge in [-0.2, -0.15) is 0 Å². The van der Waals surface area contributed by atoms with E-state index in [4.69, 9.17) is 0 Å². The summed E-state index contributed by atoms with van der Waals surface area (Å²) in [6.45, 7) is 0.296. The summed E-state index contributed by atoms with van der Waals surface area (Å²) in [5, 5.41) is 14.8. The van der Waals surface area contributed by atoms with Crippen molar-refractivity contribution in [2.45, 2.75) is 30.2 Å². The van der Waals surface area contributed by atoms with E-state index in [-0.39, 0.29) is 10.9 Å². The van der Waals surface area contributed by atoms with Crippen molar-refractivity contribution in [2.24, 2.45) is 0 Å². The molecule has 1 saturated carbocycles. The summed E-state index contributed by atoms with van der Waals surface area (Å²) in [5.41, 5.74) is 0.809. The van der Waals surface area contributed by atoms with Gasteiger partial charge in [-0.1, -0.05) is 23.5 Å². The molecule has 1 heterocycles. The number of carbonyl (C=O) groups excluding carboxylic acids is 1. The zero-order chi connectivity index (χ0) is 16.4. The van der Waals surface area contributed by atoms with Gasteiger partial charge in [0.05, 0.1) is 4.90 Å². The summed E-state index contributed by atoms with van der Waals surface area (Å²) in [4.78, 5) is 12.1. The predicted molar refractivity (Wildman–Crippen MR) is 87.3 cm³/mol. The number of nitrogens with one attached hydrogen (secondary N) is 2. The highest BCUT2D eigenvalue weighted by Gasteiger charge is 2.27. The van der Waals surface area contributed by atoms with Gasteiger partial charge in [-0.3, -0.25) is 5.32 Å². The van der Waals surface area contributed by atoms with Crippen molar-refractivity contribution in [3.05, 3.63) is 34.8 Å². The minimum Gasteiger partial charge on any atom is -0.334 e. The number of benzene rings is 1. The summed E-state index contributed by atoms with van der Waals surface area (Å²) in [7, 11) is -3.20. The highest BCUT2D eigenvalue weighted by molar-refractivity contribution is 7.90. The van der Waals surface area contributed by atoms with Crippen LogP contribution in [0, 0.1) is 0 Å². The summed E-state index contributed by atoms with van der Waals surface area (Å²) >= 11 is 1.40. The lowest BCUT2D eigenvalue weighted by Crippen LogP contribution is -2.28. The minimum atomic E-state index is -3.20. The van der Waals surface area contributed by atoms with Crippen LogP contribution in [0.2, 0.25) is 0 Å². The zero-order valence-corrected chi connectivity index (χ0v) is 14.1. The van der Waals surface area contributed by atoms with Crippen molar-refractivity contribution in [2.75, 3.05) is 11.6 Å². The van der Waals surface area contributed by atoms with E-state index in [1.807, 2.05) is 0 Å². The average Bonchev–Trinajstić information content (AvgIpc) is 3.25. The standard InChI is InChI=1S/C14H16N4O3S2/c1-23(20,21)11-6-2-9(3-7-11)8-15-13(19)16-14-18-17-12(22-14)10-4-5-10/h2-3,6-7,10H,4-5,8H2,1H3,(H2,15,16,18,19). The zero-order valence-electron chi connectivity index (χ0n) is 12.4. The summed E-state index contributed by atoms with van der Waals surface area (Å²) < 4.78 is 22.8. The van der Waals surface area contributed by atoms with E-state index in [1.54, 1.807) is 12.1 Å². The van der Waals surface area contributed by atoms with Crippen LogP contribution in [0.25, 0.3) is 0 Å². The third-order valence-electron chi connectivity index (χ3n) is 3.39. The Hall–Kier alpha value is -2.00. The molecule has 1 fully saturated rings. The minimum absolute atomic E-state index is 0.257. The third kappa shape index (κ3) is 4.26. The van der Waals surface area contributed by atoms with Crippen LogP contribution in [0.5, 0.6) is 0 Å². The molecule has 0 bridgehead atoms. The van der Waals surface area contributed by atoms with Gasteiger partial charge in [-0.05, 0) is 30.5 Å². The van der Waals surface area contributed by atoms with Crippen LogP contribution in [0.3, 0.4) is 0 Å². The fourth-order valence-electron chi connectivity index (χ4n) is 1.96. The Kier molecular flexibility index (Phi) is 4.31. The van der Waals surface area contributed by atoms with Gasteiger partial charge in [0.25, 0.3) is 0 Å². The number of urea groups is 1. The van der Waals surface area contributed by atoms with Gasteiger partial charge < -0.3 is 5.32 Å². The normalized spacial score (nSPS) is 14.5. The number of amides is 2. The van der Waals surface area contributed by atoms with E-state index in [1.165, 1.54) is 23.5 Å². The number of aromatic nitrogens is 2. The highest BCUT2D eigenvalue weighted by atomic mass is 32.2. The maximum absolute atomic E-state index is 11.8. The summed E-state index contributed by atoms with van der Waals surface area (Å²) in [5.74, 6) is 0.513. The van der Waals surface area contributed by atoms with Gasteiger partial charge >= 0.3 is 6.03 Å². The highest BCUT2D eigenvalue weighted by Crippen LogP contribution is 2.41. The molecule has 0 radical (unpaired) electrons. The first-order chi connectivity index (χ1) is 10.9. The Balaban J connectivity index is 1.51. The van der Waals surface area contributed by atoms with Crippen LogP contribution in [0.15, 0.2) is 29.2 Å². The molecule has 2 aromatic rings. The molecule has 0 unspecified atom stereocenters. The largest absolute Gasteiger partial charge is 0.334 e. The fraction of sp³-hybridized carbons (Fsp3) is 0.357. The molecule has 9 heteroatoms. The van der Waals surface area contributed by atoms with Gasteiger partial charge in [-0.25, -0.2) is 13.2 Å². The SMILES string of the molecule is CS(=O)(=O)c1ccc(CNC(=O)Nc2nnc(C3CC3)s2)cc1. The monoisotopic (exact) mass is 352 g/mol. The molecule has 3 rings (SSSR count). The number of hydrogen-bond donors (Lipinski definition) is 2. The molecule has 2 amide bonds. The maximum Gasteiger partial charge on any atom is 0.321 e. The molecule has 7 nitrogen and oxygen atoms in total. The van der Waals surface area contributed by atoms with Gasteiger partial charge in [0.1, 0.15) is 5.01 Å². The molecule has 0 saturated heterocycles. The van der Waals surface area contributed by atoms with Crippen LogP contribution >= 0.6 is 11.3 Å². The number of nitrogens with zero attached hydrogens (tertiary/aromatic N) is 2. The van der Waals surface area contributed by atoms with Crippen LogP contribution in [0.1, 0.15) is 29.3 Å². The van der Waals surface area contributed by atoms with Crippen molar-refractivity contribution in [1.82, 2.24) is 15.5 Å². The second kappa shape index (κ2) is 6.25. The van der Waals surface area contributed by atoms with Crippen molar-refractivity contribution >= 4 is 32.3 Å². The number of rotatable bonds is 5. The van der Waals surface area contributed by atoms with Gasteiger partial charge in [0.2, 0.25) is 5.13 Å². The van der Waals surface area contributed by atoms with Crippen molar-refractivity contribution in [3.8, 4) is 0 Å². The van der Waals surface area contributed by atoms with Crippen LogP contribution in [-0.4, -0.2) is 30.9 Å². The van der Waals surface area contributed by atoms with Crippen molar-refractivity contribution < 1.29 is 13.2 Å². The Morgan fingerprint density at radius 1 is 1.26 bits per heavy atom. The first kappa shape index (κ1) is 15.9. The molecule has 0 aliphatic heterocycles. The Morgan fingerprint density at radius 2 is 1.96 bits per heavy atom. The van der Waals surface area contributed by atoms with Crippen LogP contribution < -0.4 is 10.6 Å². The lowest BCUT2D eigenvalue weighted by atomic mass is 10.2. The van der Waals surface area contributed by atoms with E-state index in [9.17, 15) is 13.2 Å². The lowest BCUT2D eigenvalue weighted by molar-refractivity contribution is 0.251. The topological polar surface area (TPSA) is 101 Å². The first-order valence-electron chi connectivity index (χ1n) is 7.09. The Morgan fingerprint density at radius 3 is 2.57 bits per heavy atom. The predicted octanol–water partition coefficient (Wildman–Crippen LogP) is 2.14. The van der Waals surface area contributed by atoms with Crippen molar-refractivity contribution in [1.29, 1.82) is 0 Å². The number of anilines is 1. The molecule has 1 aromatic carbocycles. The smallest absolute Gasteiger partial charge is 0.321 e. The molecule has 1 aliphatic carbocycles. The van der Waals surface area contributed by atoms with Crippen molar-refractivity contribution in [3.63, 3.8) is 0 Å². The molecule has 0 atom stereocenters. The van der Waals surface area contributed by atoms with E-state index in [2.05, 4.69) is 20.8 Å². The number of hydrogen-bond acceptors (Lipinski definition) is 6. The third-order valence-corrected chi connectivity index (χ3v) is 5.52. The fourth-order valence-corrected chi connectivity index (χ4v) is 3.50. The number of carbonyl (C=O) groups is 1. The Bertz CT molecular complexity index is 811. The lowest BCUT2D eigenvalue weighted by Gasteiger charge is -2.06. The van der Waals surface area contributed by atoms with E-state index in [0.717, 1.165) is 29.7 Å². The van der Waals surface area contributed by atoms with Gasteiger partial charge in [0.15, 0.2) is 9.84 Å². The second-order valence-electron chi connectivity index (χ2n) is 5.44. The number of sulfone groups is 1. The van der Waals surface area contributed by atoms with Crippen LogP contribution in [-0.2, 0) is 16.4 Å². The molecule has 122 valence electrons. The molecular weight excluding hydrogens is 336 g/mol. The van der Waals surface area contributed by atoms with E-state index in [0.29, 0.717) is 17.6 Å². The molecule has 2 N–H and O–H groups in total. The molecule has 0 spiro atoms. The van der Waals surface area contributed by atoms with Gasteiger partial charge in [0, 0.05) is 18.7 Å². The molecular formula is C14H16N4O3S2. The van der Waals surface area contributed by atoms with E-state index < -0.39 is 9.84 Å². The average molecular weight is 352 g/mol. The summed E-state index contributed by atoms with van der Waals surface area (Å²) in [6.07, 6.45) is 3.44. The first-order valence-corrected chi connectivity index (χ1v) is 9.80. The maximum atomic E-state index is 11.8. The molecule has 1 aromatic heterocycles. The summed E-state index contributed by atoms with van der Waals surface area (Å²) in [6, 6.07) is 6.03. The Labute approximate surface area is 138 Å². The quantitative estimate of drug-likeness (QED) is 0.858. The van der Waals surface area contributed by atoms with Gasteiger partial charge in [-0.15, -0.1) is 10.2 Å². The molecule has 23 heavy (non-hydrogen) atoms. The second-order valence-corrected chi connectivity index (χ2v) is 8.47. The van der Waals surface area contributed by atoms with Crippen LogP contribution in [0.4, 0.5) is 9.93 Å². The molecule has 1 aliphatic rings.